The monoisotopic (exact) mass is 400 g/mol. The second kappa shape index (κ2) is 7.30. The van der Waals surface area contributed by atoms with Gasteiger partial charge in [0.15, 0.2) is 0 Å². The van der Waals surface area contributed by atoms with Crippen molar-refractivity contribution in [2.45, 2.75) is 83.9 Å². The van der Waals surface area contributed by atoms with E-state index in [1.54, 1.807) is 27.7 Å². The summed E-state index contributed by atoms with van der Waals surface area (Å²) in [6.45, 7) is 3.70. The van der Waals surface area contributed by atoms with Gasteiger partial charge in [-0.3, -0.25) is 9.97 Å². The van der Waals surface area contributed by atoms with Crippen LogP contribution in [0.15, 0.2) is 12.3 Å². The maximum atomic E-state index is 12.9. The Kier molecular flexibility index (Phi) is 2.85. The zero-order chi connectivity index (χ0) is 30.6. The summed E-state index contributed by atoms with van der Waals surface area (Å²) < 4.78 is 111. The molecular weight excluding hydrogens is 357 g/mol. The third kappa shape index (κ3) is 4.49. The normalized spacial score (nSPS) is 36.5. The molecule has 2 fully saturated rings. The highest BCUT2D eigenvalue weighted by molar-refractivity contribution is 6.61. The first kappa shape index (κ1) is 10.9. The first-order chi connectivity index (χ1) is 17.1. The molecule has 28 heavy (non-hydrogen) atoms. The van der Waals surface area contributed by atoms with E-state index < -0.39 is 79.7 Å². The van der Waals surface area contributed by atoms with Crippen molar-refractivity contribution in [3.05, 3.63) is 18.0 Å². The van der Waals surface area contributed by atoms with Crippen LogP contribution in [0.5, 0.6) is 0 Å². The molecule has 0 atom stereocenters. The van der Waals surface area contributed by atoms with E-state index in [-0.39, 0.29) is 10.5 Å². The maximum absolute atomic E-state index is 12.9. The van der Waals surface area contributed by atoms with Gasteiger partial charge >= 0.3 is 13.2 Å². The van der Waals surface area contributed by atoms with Gasteiger partial charge in [-0.15, -0.1) is 0 Å². The Morgan fingerprint density at radius 3 is 2.36 bits per heavy atom. The molecule has 0 saturated carbocycles. The lowest BCUT2D eigenvalue weighted by Gasteiger charge is -2.33. The Labute approximate surface area is 183 Å². The number of piperidine rings is 1. The summed E-state index contributed by atoms with van der Waals surface area (Å²) in [6, 6.07) is 0. The molecule has 1 aromatic rings. The summed E-state index contributed by atoms with van der Waals surface area (Å²) in [7, 11) is -1.28. The summed E-state index contributed by atoms with van der Waals surface area (Å²) in [4.78, 5) is 20.2. The molecule has 0 bridgehead atoms. The van der Waals surface area contributed by atoms with E-state index in [1.165, 1.54) is 20.8 Å². The molecular formula is C20H32BN3O4. The van der Waals surface area contributed by atoms with Gasteiger partial charge in [0.2, 0.25) is 0 Å². The average molecular weight is 400 g/mol. The van der Waals surface area contributed by atoms with Gasteiger partial charge in [0, 0.05) is 43.6 Å². The minimum atomic E-state index is -3.76. The second-order valence-electron chi connectivity index (χ2n) is 8.43. The molecule has 7 nitrogen and oxygen atoms in total. The van der Waals surface area contributed by atoms with Crippen molar-refractivity contribution in [1.82, 2.24) is 14.9 Å². The van der Waals surface area contributed by atoms with Crippen molar-refractivity contribution in [2.75, 3.05) is 13.0 Å². The predicted octanol–water partition coefficient (Wildman–Crippen LogP) is 2.89. The average Bonchev–Trinajstić information content (AvgIpc) is 2.92. The third-order valence-electron chi connectivity index (χ3n) is 4.44. The molecule has 0 radical (unpaired) electrons. The van der Waals surface area contributed by atoms with Crippen molar-refractivity contribution in [1.29, 1.82) is 0 Å². The van der Waals surface area contributed by atoms with Gasteiger partial charge in [0.05, 0.1) is 25.2 Å². The number of likely N-dealkylation sites (tertiary alicyclic amines) is 1. The van der Waals surface area contributed by atoms with Gasteiger partial charge in [-0.1, -0.05) is 0 Å². The molecule has 0 N–H and O–H groups in total. The number of hydrogen-bond donors (Lipinski definition) is 0. The minimum Gasteiger partial charge on any atom is -0.444 e. The molecule has 154 valence electrons. The highest BCUT2D eigenvalue weighted by Gasteiger charge is 2.52. The molecule has 0 unspecified atom stereocenters. The van der Waals surface area contributed by atoms with E-state index in [0.29, 0.717) is 0 Å². The van der Waals surface area contributed by atoms with Gasteiger partial charge in [0.25, 0.3) is 0 Å². The summed E-state index contributed by atoms with van der Waals surface area (Å²) in [5.41, 5.74) is -4.46. The number of hydrogen-bond acceptors (Lipinski definition) is 6. The molecule has 8 heteroatoms. The minimum absolute atomic E-state index is 0.315. The topological polar surface area (TPSA) is 73.8 Å². The lowest BCUT2D eigenvalue weighted by atomic mass is 9.85. The number of ether oxygens (including phenoxy) is 1. The largest absolute Gasteiger partial charge is 0.516 e. The Hall–Kier alpha value is -1.67. The third-order valence-corrected chi connectivity index (χ3v) is 4.44. The summed E-state index contributed by atoms with van der Waals surface area (Å²) in [5, 5.41) is 0. The van der Waals surface area contributed by atoms with Gasteiger partial charge < -0.3 is 18.9 Å². The van der Waals surface area contributed by atoms with Crippen LogP contribution in [0, 0.1) is 0 Å². The number of nitrogens with zero attached hydrogens (tertiary/aromatic N) is 3. The van der Waals surface area contributed by atoms with Gasteiger partial charge in [0.1, 0.15) is 5.60 Å². The highest BCUT2D eigenvalue weighted by atomic mass is 16.7. The molecule has 0 spiro atoms. The molecule has 0 aliphatic carbocycles. The molecule has 2 saturated heterocycles. The lowest BCUT2D eigenvalue weighted by molar-refractivity contribution is 0.00578. The number of aromatic nitrogens is 2. The van der Waals surface area contributed by atoms with Crippen LogP contribution in [0.3, 0.4) is 0 Å². The lowest BCUT2D eigenvalue weighted by Crippen LogP contribution is -2.41. The Morgan fingerprint density at radius 2 is 1.82 bits per heavy atom. The van der Waals surface area contributed by atoms with Crippen molar-refractivity contribution in [2.24, 2.45) is 0 Å². The molecule has 1 aromatic heterocycles. The second-order valence-corrected chi connectivity index (χ2v) is 8.43. The summed E-state index contributed by atoms with van der Waals surface area (Å²) >= 11 is 0. The fourth-order valence-corrected chi connectivity index (χ4v) is 2.25. The van der Waals surface area contributed by atoms with Crippen molar-refractivity contribution >= 4 is 18.8 Å². The first-order valence-electron chi connectivity index (χ1n) is 14.3. The number of amides is 1. The SMILES string of the molecule is [2H]c1nc(C2([2H])C([2H])([2H])C([2H])([2H])N(C(=O)OC(C)(C)C)C([2H])([2H])C2([2H])[2H])c([2H])nc1B1OC(C)(C)C(C)(C)O1. The number of carbonyl (C=O) groups is 1. The Balaban J connectivity index is 2.23. The van der Waals surface area contributed by atoms with Crippen LogP contribution in [-0.2, 0) is 14.0 Å². The molecule has 2 aliphatic rings. The van der Waals surface area contributed by atoms with Gasteiger partial charge in [-0.25, -0.2) is 4.79 Å². The Morgan fingerprint density at radius 1 is 1.25 bits per heavy atom. The van der Waals surface area contributed by atoms with E-state index in [4.69, 9.17) is 29.1 Å². The zero-order valence-corrected chi connectivity index (χ0v) is 17.1. The van der Waals surface area contributed by atoms with Gasteiger partial charge in [-0.05, 0) is 61.2 Å². The standard InChI is InChI=1S/C20H32BN3O4/c1-18(2,3)26-17(25)24-10-8-14(9-11-24)15-12-23-16(13-22-15)21-27-19(4,5)20(6,7)28-21/h12-14H,8-11H2,1-7H3/i8D2,9D2,10D2,11D2,12D,13D,14D. The molecule has 0 aromatic carbocycles. The molecule has 3 heterocycles. The van der Waals surface area contributed by atoms with Crippen LogP contribution >= 0.6 is 0 Å². The molecule has 3 rings (SSSR count). The van der Waals surface area contributed by atoms with E-state index in [9.17, 15) is 4.79 Å². The molecule has 2 aliphatic heterocycles. The van der Waals surface area contributed by atoms with E-state index in [2.05, 4.69) is 9.97 Å². The maximum Gasteiger partial charge on any atom is 0.516 e. The number of rotatable bonds is 2. The van der Waals surface area contributed by atoms with Crippen molar-refractivity contribution < 1.29 is 33.9 Å². The predicted molar refractivity (Wildman–Crippen MR) is 108 cm³/mol. The summed E-state index contributed by atoms with van der Waals surface area (Å²) in [6.07, 6.45) is -11.0. The van der Waals surface area contributed by atoms with Crippen molar-refractivity contribution in [3.63, 3.8) is 0 Å². The fraction of sp³-hybridized carbons (Fsp3) is 0.750. The van der Waals surface area contributed by atoms with E-state index in [0.717, 1.165) is 0 Å². The van der Waals surface area contributed by atoms with E-state index in [1.807, 2.05) is 0 Å². The number of carbonyl (C=O) groups excluding carboxylic acids is 1. The smallest absolute Gasteiger partial charge is 0.444 e. The van der Waals surface area contributed by atoms with Crippen LogP contribution < -0.4 is 5.59 Å². The quantitative estimate of drug-likeness (QED) is 0.711. The van der Waals surface area contributed by atoms with Crippen LogP contribution in [0.25, 0.3) is 0 Å². The van der Waals surface area contributed by atoms with Crippen molar-refractivity contribution in [3.8, 4) is 0 Å². The van der Waals surface area contributed by atoms with E-state index >= 15 is 0 Å². The van der Waals surface area contributed by atoms with Crippen LogP contribution in [-0.4, -0.2) is 57.9 Å². The Bertz CT molecular complexity index is 1150. The van der Waals surface area contributed by atoms with Crippen LogP contribution in [0.2, 0.25) is 0 Å². The fourth-order valence-electron chi connectivity index (χ4n) is 2.25. The first-order valence-corrected chi connectivity index (χ1v) is 8.85. The van der Waals surface area contributed by atoms with Crippen LogP contribution in [0.4, 0.5) is 4.79 Å². The van der Waals surface area contributed by atoms with Crippen LogP contribution in [0.1, 0.15) is 87.9 Å². The zero-order valence-electron chi connectivity index (χ0n) is 28.1. The molecule has 1 amide bonds. The highest BCUT2D eigenvalue weighted by Crippen LogP contribution is 2.36. The van der Waals surface area contributed by atoms with Gasteiger partial charge in [-0.2, -0.15) is 0 Å². The summed E-state index contributed by atoms with van der Waals surface area (Å²) in [5.74, 6) is -3.63.